The molecular weight excluding hydrogens is 316 g/mol. The molecule has 0 aromatic heterocycles. The quantitative estimate of drug-likeness (QED) is 0.767. The number of aliphatic hydroxyl groups excluding tert-OH is 2. The van der Waals surface area contributed by atoms with Crippen LogP contribution in [0.15, 0.2) is 23.5 Å². The Hall–Kier alpha value is -1.13. The first kappa shape index (κ1) is 16.1. The van der Waals surface area contributed by atoms with Gasteiger partial charge in [-0.3, -0.25) is 4.79 Å². The summed E-state index contributed by atoms with van der Waals surface area (Å²) in [5, 5.41) is 21.4. The van der Waals surface area contributed by atoms with Gasteiger partial charge in [-0.2, -0.15) is 0 Å². The van der Waals surface area contributed by atoms with Crippen LogP contribution in [0.4, 0.5) is 0 Å². The van der Waals surface area contributed by atoms with Crippen molar-refractivity contribution in [1.29, 1.82) is 0 Å². The molecule has 136 valence electrons. The van der Waals surface area contributed by atoms with E-state index in [1.54, 1.807) is 12.2 Å². The molecule has 25 heavy (non-hydrogen) atoms. The number of carbonyl (C=O) groups is 1. The SMILES string of the molecule is C[C@@]12C3=CC(=O)C=C1OC(CO)[C@H]1CC[C@H]4[C@H](CC3)[C@@H]2C(O)C[C@]14C. The van der Waals surface area contributed by atoms with Crippen molar-refractivity contribution < 1.29 is 19.7 Å². The molecule has 2 unspecified atom stereocenters. The summed E-state index contributed by atoms with van der Waals surface area (Å²) in [6.07, 6.45) is 7.70. The van der Waals surface area contributed by atoms with E-state index < -0.39 is 5.41 Å². The van der Waals surface area contributed by atoms with Crippen LogP contribution in [-0.2, 0) is 9.53 Å². The molecule has 2 heterocycles. The zero-order chi connectivity index (χ0) is 17.6. The molecule has 3 saturated carbocycles. The van der Waals surface area contributed by atoms with Crippen molar-refractivity contribution in [1.82, 2.24) is 0 Å². The fourth-order valence-electron chi connectivity index (χ4n) is 7.62. The fraction of sp³-hybridized carbons (Fsp3) is 0.762. The first-order valence-corrected chi connectivity index (χ1v) is 9.82. The Balaban J connectivity index is 1.75. The highest BCUT2D eigenvalue weighted by molar-refractivity contribution is 6.01. The Morgan fingerprint density at radius 1 is 1.20 bits per heavy atom. The molecular formula is C21H28O4. The molecule has 6 aliphatic rings. The zero-order valence-electron chi connectivity index (χ0n) is 15.1. The number of aliphatic hydroxyl groups is 2. The van der Waals surface area contributed by atoms with Crippen LogP contribution < -0.4 is 0 Å². The van der Waals surface area contributed by atoms with Crippen LogP contribution in [0.3, 0.4) is 0 Å². The Morgan fingerprint density at radius 3 is 2.72 bits per heavy atom. The van der Waals surface area contributed by atoms with Gasteiger partial charge in [0.15, 0.2) is 5.78 Å². The van der Waals surface area contributed by atoms with Gasteiger partial charge in [-0.05, 0) is 62.4 Å². The topological polar surface area (TPSA) is 66.8 Å². The highest BCUT2D eigenvalue weighted by Gasteiger charge is 2.66. The maximum absolute atomic E-state index is 12.3. The molecule has 2 saturated heterocycles. The van der Waals surface area contributed by atoms with Gasteiger partial charge in [-0.15, -0.1) is 0 Å². The molecule has 0 radical (unpaired) electrons. The predicted octanol–water partition coefficient (Wildman–Crippen LogP) is 2.60. The normalized spacial score (nSPS) is 53.4. The molecule has 4 nitrogen and oxygen atoms in total. The summed E-state index contributed by atoms with van der Waals surface area (Å²) in [7, 11) is 0. The summed E-state index contributed by atoms with van der Waals surface area (Å²) in [4.78, 5) is 12.3. The lowest BCUT2D eigenvalue weighted by Crippen LogP contribution is -2.56. The van der Waals surface area contributed by atoms with Gasteiger partial charge in [0.1, 0.15) is 11.9 Å². The maximum Gasteiger partial charge on any atom is 0.182 e. The summed E-state index contributed by atoms with van der Waals surface area (Å²) in [5.41, 5.74) is 0.729. The average Bonchev–Trinajstić information content (AvgIpc) is 2.90. The van der Waals surface area contributed by atoms with Crippen LogP contribution in [0.5, 0.6) is 0 Å². The first-order valence-electron chi connectivity index (χ1n) is 9.82. The summed E-state index contributed by atoms with van der Waals surface area (Å²) < 4.78 is 6.41. The summed E-state index contributed by atoms with van der Waals surface area (Å²) in [6, 6.07) is 0. The number of hydrogen-bond donors (Lipinski definition) is 2. The van der Waals surface area contributed by atoms with E-state index in [2.05, 4.69) is 13.8 Å². The third-order valence-electron chi connectivity index (χ3n) is 8.61. The second kappa shape index (κ2) is 4.98. The number of fused-ring (bicyclic) bond motifs is 2. The van der Waals surface area contributed by atoms with E-state index in [1.807, 2.05) is 0 Å². The van der Waals surface area contributed by atoms with E-state index in [0.717, 1.165) is 31.3 Å². The highest BCUT2D eigenvalue weighted by atomic mass is 16.5. The Labute approximate surface area is 148 Å². The van der Waals surface area contributed by atoms with Gasteiger partial charge in [0, 0.05) is 17.9 Å². The average molecular weight is 344 g/mol. The standard InChI is InChI=1S/C21H28O4/c1-20-9-16(24)19-13-4-3-11-7-12(23)8-18(21(11,19)2)25-17(10-22)15(20)6-5-14(13)20/h7-8,13-17,19,22,24H,3-6,9-10H2,1-2H3/t13-,14-,15+,16?,17?,19+,20-,21+/m0/s1. The monoisotopic (exact) mass is 344 g/mol. The largest absolute Gasteiger partial charge is 0.491 e. The van der Waals surface area contributed by atoms with E-state index >= 15 is 0 Å². The smallest absolute Gasteiger partial charge is 0.182 e. The molecule has 2 N–H and O–H groups in total. The maximum atomic E-state index is 12.3. The second-order valence-corrected chi connectivity index (χ2v) is 9.42. The number of allylic oxidation sites excluding steroid dienone is 3. The molecule has 4 aliphatic carbocycles. The van der Waals surface area contributed by atoms with Gasteiger partial charge in [0.25, 0.3) is 0 Å². The number of rotatable bonds is 1. The van der Waals surface area contributed by atoms with Gasteiger partial charge in [-0.1, -0.05) is 12.5 Å². The van der Waals surface area contributed by atoms with Gasteiger partial charge >= 0.3 is 0 Å². The number of carbonyl (C=O) groups excluding carboxylic acids is 1. The summed E-state index contributed by atoms with van der Waals surface area (Å²) in [5.74, 6) is 2.09. The third kappa shape index (κ3) is 1.83. The fourth-order valence-corrected chi connectivity index (χ4v) is 7.62. The van der Waals surface area contributed by atoms with E-state index in [1.165, 1.54) is 6.42 Å². The van der Waals surface area contributed by atoms with Crippen LogP contribution in [0.2, 0.25) is 0 Å². The summed E-state index contributed by atoms with van der Waals surface area (Å²) in [6.45, 7) is 4.44. The molecule has 6 rings (SSSR count). The minimum atomic E-state index is -0.407. The van der Waals surface area contributed by atoms with Crippen molar-refractivity contribution in [2.75, 3.05) is 6.61 Å². The van der Waals surface area contributed by atoms with Crippen molar-refractivity contribution in [2.45, 2.75) is 58.2 Å². The minimum absolute atomic E-state index is 0.0164. The Bertz CT molecular complexity index is 694. The lowest BCUT2D eigenvalue weighted by atomic mass is 9.46. The van der Waals surface area contributed by atoms with E-state index in [4.69, 9.17) is 4.74 Å². The van der Waals surface area contributed by atoms with Crippen molar-refractivity contribution >= 4 is 5.78 Å². The van der Waals surface area contributed by atoms with Crippen LogP contribution >= 0.6 is 0 Å². The van der Waals surface area contributed by atoms with Gasteiger partial charge in [0.05, 0.1) is 18.1 Å². The van der Waals surface area contributed by atoms with Crippen molar-refractivity contribution in [3.8, 4) is 0 Å². The van der Waals surface area contributed by atoms with E-state index in [9.17, 15) is 15.0 Å². The lowest BCUT2D eigenvalue weighted by Gasteiger charge is -2.58. The van der Waals surface area contributed by atoms with Crippen molar-refractivity contribution in [3.63, 3.8) is 0 Å². The Morgan fingerprint density at radius 2 is 1.96 bits per heavy atom. The molecule has 0 spiro atoms. The molecule has 2 aliphatic heterocycles. The summed E-state index contributed by atoms with van der Waals surface area (Å²) >= 11 is 0. The number of hydrogen-bond acceptors (Lipinski definition) is 4. The second-order valence-electron chi connectivity index (χ2n) is 9.42. The Kier molecular flexibility index (Phi) is 3.20. The zero-order valence-corrected chi connectivity index (χ0v) is 15.1. The number of ketones is 1. The first-order chi connectivity index (χ1) is 11.9. The molecule has 0 amide bonds. The van der Waals surface area contributed by atoms with Crippen LogP contribution in [0, 0.1) is 34.5 Å². The van der Waals surface area contributed by atoms with Crippen LogP contribution in [0.1, 0.15) is 46.0 Å². The number of ether oxygens (including phenoxy) is 1. The predicted molar refractivity (Wildman–Crippen MR) is 92.4 cm³/mol. The van der Waals surface area contributed by atoms with Crippen LogP contribution in [0.25, 0.3) is 0 Å². The highest BCUT2D eigenvalue weighted by Crippen LogP contribution is 2.69. The molecule has 4 heteroatoms. The van der Waals surface area contributed by atoms with Crippen molar-refractivity contribution in [3.05, 3.63) is 23.5 Å². The van der Waals surface area contributed by atoms with Gasteiger partial charge in [0.2, 0.25) is 0 Å². The van der Waals surface area contributed by atoms with Gasteiger partial charge in [-0.25, -0.2) is 0 Å². The van der Waals surface area contributed by atoms with E-state index in [-0.39, 0.29) is 41.8 Å². The molecule has 8 atom stereocenters. The third-order valence-corrected chi connectivity index (χ3v) is 8.61. The molecule has 6 bridgehead atoms. The molecule has 0 aromatic rings. The van der Waals surface area contributed by atoms with Crippen molar-refractivity contribution in [2.24, 2.45) is 34.5 Å². The molecule has 0 aromatic carbocycles. The van der Waals surface area contributed by atoms with Crippen LogP contribution in [-0.4, -0.2) is 34.8 Å². The molecule has 5 fully saturated rings. The lowest BCUT2D eigenvalue weighted by molar-refractivity contribution is -0.118. The minimum Gasteiger partial charge on any atom is -0.491 e. The van der Waals surface area contributed by atoms with Gasteiger partial charge < -0.3 is 14.9 Å². The van der Waals surface area contributed by atoms with E-state index in [0.29, 0.717) is 17.6 Å².